The van der Waals surface area contributed by atoms with Crippen molar-refractivity contribution in [3.8, 4) is 0 Å². The van der Waals surface area contributed by atoms with Gasteiger partial charge in [0.15, 0.2) is 0 Å². The molecule has 1 rings (SSSR count). The Morgan fingerprint density at radius 1 is 1.38 bits per heavy atom. The Labute approximate surface area is 127 Å². The summed E-state index contributed by atoms with van der Waals surface area (Å²) in [6.45, 7) is 9.96. The van der Waals surface area contributed by atoms with Gasteiger partial charge in [0.25, 0.3) is 5.56 Å². The van der Waals surface area contributed by atoms with Crippen LogP contribution in [0.4, 0.5) is 5.69 Å². The van der Waals surface area contributed by atoms with E-state index in [1.807, 2.05) is 0 Å². The first-order chi connectivity index (χ1) is 10.2. The molecule has 0 spiro atoms. The van der Waals surface area contributed by atoms with Gasteiger partial charge in [-0.3, -0.25) is 4.79 Å². The third kappa shape index (κ3) is 5.47. The molecule has 6 heteroatoms. The minimum absolute atomic E-state index is 0.0706. The van der Waals surface area contributed by atoms with Gasteiger partial charge in [-0.05, 0) is 26.8 Å². The van der Waals surface area contributed by atoms with Crippen molar-refractivity contribution < 1.29 is 4.74 Å². The van der Waals surface area contributed by atoms with Crippen LogP contribution in [-0.4, -0.2) is 49.2 Å². The van der Waals surface area contributed by atoms with Crippen LogP contribution in [0.15, 0.2) is 17.1 Å². The molecular formula is C15H28N4O2. The number of ether oxygens (including phenoxy) is 1. The van der Waals surface area contributed by atoms with E-state index in [4.69, 9.17) is 4.74 Å². The topological polar surface area (TPSA) is 59.4 Å². The fourth-order valence-corrected chi connectivity index (χ4v) is 2.26. The van der Waals surface area contributed by atoms with Gasteiger partial charge in [-0.2, -0.15) is 5.10 Å². The molecule has 1 heterocycles. The number of nitrogens with one attached hydrogen (secondary N) is 1. The van der Waals surface area contributed by atoms with Crippen LogP contribution in [0.3, 0.4) is 0 Å². The minimum Gasteiger partial charge on any atom is -0.383 e. The second-order valence-corrected chi connectivity index (χ2v) is 5.01. The summed E-state index contributed by atoms with van der Waals surface area (Å²) >= 11 is 0. The molecule has 6 nitrogen and oxygen atoms in total. The van der Waals surface area contributed by atoms with Crippen molar-refractivity contribution >= 4 is 5.69 Å². The van der Waals surface area contributed by atoms with Crippen molar-refractivity contribution in [2.45, 2.75) is 39.8 Å². The lowest BCUT2D eigenvalue weighted by atomic mass is 10.3. The zero-order valence-electron chi connectivity index (χ0n) is 13.6. The van der Waals surface area contributed by atoms with E-state index < -0.39 is 0 Å². The molecule has 0 aliphatic carbocycles. The second kappa shape index (κ2) is 9.52. The zero-order chi connectivity index (χ0) is 15.7. The number of anilines is 1. The maximum atomic E-state index is 12.2. The lowest BCUT2D eigenvalue weighted by molar-refractivity contribution is 0.156. The van der Waals surface area contributed by atoms with E-state index in [1.165, 1.54) is 4.68 Å². The molecule has 0 saturated carbocycles. The van der Waals surface area contributed by atoms with Gasteiger partial charge in [0.05, 0.1) is 31.1 Å². The maximum absolute atomic E-state index is 12.2. The molecular weight excluding hydrogens is 268 g/mol. The largest absolute Gasteiger partial charge is 0.383 e. The van der Waals surface area contributed by atoms with Gasteiger partial charge in [0.2, 0.25) is 0 Å². The number of aromatic nitrogens is 2. The summed E-state index contributed by atoms with van der Waals surface area (Å²) in [6.07, 6.45) is 2.81. The normalized spacial score (nSPS) is 12.4. The van der Waals surface area contributed by atoms with Gasteiger partial charge in [-0.15, -0.1) is 0 Å². The van der Waals surface area contributed by atoms with Gasteiger partial charge in [0.1, 0.15) is 0 Å². The number of hydrogen-bond acceptors (Lipinski definition) is 5. The second-order valence-electron chi connectivity index (χ2n) is 5.01. The van der Waals surface area contributed by atoms with Gasteiger partial charge in [-0.1, -0.05) is 6.92 Å². The monoisotopic (exact) mass is 296 g/mol. The standard InChI is InChI=1S/C15H28N4O2/c1-5-8-16-13(12-21-4)11-19-15(20)9-14(10-17-19)18(6-2)7-3/h9-10,13,16H,5-8,11-12H2,1-4H3. The molecule has 1 aromatic rings. The van der Waals surface area contributed by atoms with E-state index >= 15 is 0 Å². The van der Waals surface area contributed by atoms with Crippen LogP contribution in [-0.2, 0) is 11.3 Å². The van der Waals surface area contributed by atoms with Gasteiger partial charge < -0.3 is 15.0 Å². The molecule has 0 aromatic carbocycles. The molecule has 0 bridgehead atoms. The summed E-state index contributed by atoms with van der Waals surface area (Å²) < 4.78 is 6.70. The van der Waals surface area contributed by atoms with Crippen LogP contribution in [0.5, 0.6) is 0 Å². The lowest BCUT2D eigenvalue weighted by Crippen LogP contribution is -2.41. The predicted octanol–water partition coefficient (Wildman–Crippen LogP) is 1.10. The summed E-state index contributed by atoms with van der Waals surface area (Å²) in [6, 6.07) is 1.75. The molecule has 120 valence electrons. The Morgan fingerprint density at radius 3 is 2.62 bits per heavy atom. The van der Waals surface area contributed by atoms with E-state index in [-0.39, 0.29) is 11.6 Å². The average molecular weight is 296 g/mol. The molecule has 21 heavy (non-hydrogen) atoms. The first-order valence-corrected chi connectivity index (χ1v) is 7.70. The van der Waals surface area contributed by atoms with Crippen molar-refractivity contribution in [2.24, 2.45) is 0 Å². The van der Waals surface area contributed by atoms with E-state index in [2.05, 4.69) is 36.1 Å². The van der Waals surface area contributed by atoms with Crippen molar-refractivity contribution in [3.63, 3.8) is 0 Å². The van der Waals surface area contributed by atoms with Crippen LogP contribution in [0, 0.1) is 0 Å². The molecule has 0 aliphatic heterocycles. The van der Waals surface area contributed by atoms with Crippen molar-refractivity contribution in [1.82, 2.24) is 15.1 Å². The summed E-state index contributed by atoms with van der Waals surface area (Å²) in [5, 5.41) is 7.66. The van der Waals surface area contributed by atoms with Crippen molar-refractivity contribution in [3.05, 3.63) is 22.6 Å². The number of methoxy groups -OCH3 is 1. The molecule has 0 fully saturated rings. The SMILES string of the molecule is CCCNC(COC)Cn1ncc(N(CC)CC)cc1=O. The molecule has 1 atom stereocenters. The van der Waals surface area contributed by atoms with Crippen LogP contribution in [0.1, 0.15) is 27.2 Å². The highest BCUT2D eigenvalue weighted by molar-refractivity contribution is 5.42. The molecule has 1 N–H and O–H groups in total. The quantitative estimate of drug-likeness (QED) is 0.701. The highest BCUT2D eigenvalue weighted by Gasteiger charge is 2.11. The van der Waals surface area contributed by atoms with Crippen LogP contribution >= 0.6 is 0 Å². The lowest BCUT2D eigenvalue weighted by Gasteiger charge is -2.21. The Morgan fingerprint density at radius 2 is 2.10 bits per heavy atom. The fourth-order valence-electron chi connectivity index (χ4n) is 2.26. The smallest absolute Gasteiger partial charge is 0.268 e. The van der Waals surface area contributed by atoms with E-state index in [0.29, 0.717) is 13.2 Å². The molecule has 0 radical (unpaired) electrons. The predicted molar refractivity (Wildman–Crippen MR) is 86.0 cm³/mol. The Balaban J connectivity index is 2.80. The average Bonchev–Trinajstić information content (AvgIpc) is 2.48. The summed E-state index contributed by atoms with van der Waals surface area (Å²) in [5.41, 5.74) is 0.810. The minimum atomic E-state index is -0.0706. The summed E-state index contributed by atoms with van der Waals surface area (Å²) in [5.74, 6) is 0. The highest BCUT2D eigenvalue weighted by atomic mass is 16.5. The maximum Gasteiger partial charge on any atom is 0.268 e. The highest BCUT2D eigenvalue weighted by Crippen LogP contribution is 2.08. The van der Waals surface area contributed by atoms with Crippen LogP contribution in [0.2, 0.25) is 0 Å². The third-order valence-corrected chi connectivity index (χ3v) is 3.43. The zero-order valence-corrected chi connectivity index (χ0v) is 13.6. The van der Waals surface area contributed by atoms with Crippen molar-refractivity contribution in [1.29, 1.82) is 0 Å². The third-order valence-electron chi connectivity index (χ3n) is 3.43. The molecule has 1 aromatic heterocycles. The Bertz CT molecular complexity index is 457. The van der Waals surface area contributed by atoms with E-state index in [0.717, 1.165) is 31.7 Å². The van der Waals surface area contributed by atoms with E-state index in [9.17, 15) is 4.79 Å². The summed E-state index contributed by atoms with van der Waals surface area (Å²) in [4.78, 5) is 14.3. The summed E-state index contributed by atoms with van der Waals surface area (Å²) in [7, 11) is 1.67. The Kier molecular flexibility index (Phi) is 8.00. The molecule has 0 amide bonds. The number of rotatable bonds is 10. The van der Waals surface area contributed by atoms with Gasteiger partial charge in [-0.25, -0.2) is 4.68 Å². The van der Waals surface area contributed by atoms with Gasteiger partial charge in [0, 0.05) is 26.3 Å². The van der Waals surface area contributed by atoms with Gasteiger partial charge >= 0.3 is 0 Å². The van der Waals surface area contributed by atoms with Crippen LogP contribution < -0.4 is 15.8 Å². The van der Waals surface area contributed by atoms with Crippen molar-refractivity contribution in [2.75, 3.05) is 38.3 Å². The van der Waals surface area contributed by atoms with E-state index in [1.54, 1.807) is 19.4 Å². The first-order valence-electron chi connectivity index (χ1n) is 7.70. The molecule has 0 saturated heterocycles. The number of nitrogens with zero attached hydrogens (tertiary/aromatic N) is 3. The molecule has 0 aliphatic rings. The number of hydrogen-bond donors (Lipinski definition) is 1. The fraction of sp³-hybridized carbons (Fsp3) is 0.733. The first kappa shape index (κ1) is 17.7. The Hall–Kier alpha value is -1.40. The van der Waals surface area contributed by atoms with Crippen LogP contribution in [0.25, 0.3) is 0 Å². The molecule has 1 unspecified atom stereocenters.